The molecule has 0 fully saturated rings. The molecule has 0 aliphatic carbocycles. The Morgan fingerprint density at radius 1 is 0.720 bits per heavy atom. The number of fused-ring (bicyclic) bond motifs is 1. The molecule has 2 heterocycles. The van der Waals surface area contributed by atoms with Crippen molar-refractivity contribution in [2.75, 3.05) is 10.6 Å². The summed E-state index contributed by atoms with van der Waals surface area (Å²) in [7, 11) is 0. The zero-order valence-corrected chi connectivity index (χ0v) is 14.7. The van der Waals surface area contributed by atoms with Crippen molar-refractivity contribution < 1.29 is 0 Å². The summed E-state index contributed by atoms with van der Waals surface area (Å²) in [6.45, 7) is 0. The van der Waals surface area contributed by atoms with Crippen LogP contribution in [0.25, 0.3) is 10.9 Å². The number of anilines is 4. The second-order valence-corrected chi connectivity index (χ2v) is 6.23. The molecule has 0 aliphatic heterocycles. The highest BCUT2D eigenvalue weighted by molar-refractivity contribution is 9.10. The van der Waals surface area contributed by atoms with Gasteiger partial charge in [-0.1, -0.05) is 30.3 Å². The van der Waals surface area contributed by atoms with E-state index >= 15 is 0 Å². The van der Waals surface area contributed by atoms with Crippen molar-refractivity contribution in [2.45, 2.75) is 0 Å². The molecule has 0 radical (unpaired) electrons. The standard InChI is InChI=1S/C19H14BrN5/c20-14-7-1-2-8-15(14)24-19-22-12-10-17(25-19)23-16-9-3-5-13-6-4-11-21-18(13)16/h1-12H,(H2,22,23,24,25). The number of aromatic nitrogens is 3. The highest BCUT2D eigenvalue weighted by atomic mass is 79.9. The molecule has 0 saturated carbocycles. The van der Waals surface area contributed by atoms with Crippen LogP contribution in [0, 0.1) is 0 Å². The van der Waals surface area contributed by atoms with Crippen molar-refractivity contribution in [2.24, 2.45) is 0 Å². The van der Waals surface area contributed by atoms with Gasteiger partial charge < -0.3 is 10.6 Å². The first-order valence-corrected chi connectivity index (χ1v) is 8.54. The lowest BCUT2D eigenvalue weighted by molar-refractivity contribution is 1.16. The molecule has 4 rings (SSSR count). The van der Waals surface area contributed by atoms with Crippen LogP contribution in [-0.2, 0) is 0 Å². The van der Waals surface area contributed by atoms with Crippen LogP contribution in [0.5, 0.6) is 0 Å². The molecule has 0 bridgehead atoms. The van der Waals surface area contributed by atoms with Crippen LogP contribution in [0.15, 0.2) is 77.5 Å². The molecular weight excluding hydrogens is 378 g/mol. The summed E-state index contributed by atoms with van der Waals surface area (Å²) in [4.78, 5) is 13.3. The van der Waals surface area contributed by atoms with Crippen molar-refractivity contribution >= 4 is 50.0 Å². The van der Waals surface area contributed by atoms with Crippen molar-refractivity contribution in [1.82, 2.24) is 15.0 Å². The number of benzene rings is 2. The van der Waals surface area contributed by atoms with Gasteiger partial charge in [-0.3, -0.25) is 4.98 Å². The third-order valence-electron chi connectivity index (χ3n) is 3.67. The molecule has 0 amide bonds. The Morgan fingerprint density at radius 3 is 2.48 bits per heavy atom. The van der Waals surface area contributed by atoms with E-state index in [1.54, 1.807) is 12.4 Å². The quantitative estimate of drug-likeness (QED) is 0.495. The lowest BCUT2D eigenvalue weighted by Crippen LogP contribution is -2.01. The third-order valence-corrected chi connectivity index (χ3v) is 4.36. The maximum atomic E-state index is 4.53. The molecule has 6 heteroatoms. The van der Waals surface area contributed by atoms with E-state index in [2.05, 4.69) is 41.5 Å². The van der Waals surface area contributed by atoms with Gasteiger partial charge in [0.05, 0.1) is 16.9 Å². The molecule has 5 nitrogen and oxygen atoms in total. The molecule has 4 aromatic rings. The minimum absolute atomic E-state index is 0.519. The van der Waals surface area contributed by atoms with E-state index in [0.717, 1.165) is 26.8 Å². The molecule has 122 valence electrons. The second kappa shape index (κ2) is 6.86. The zero-order chi connectivity index (χ0) is 17.1. The van der Waals surface area contributed by atoms with Crippen LogP contribution in [0.2, 0.25) is 0 Å². The van der Waals surface area contributed by atoms with Gasteiger partial charge in [-0.05, 0) is 46.3 Å². The summed E-state index contributed by atoms with van der Waals surface area (Å²) in [5.74, 6) is 1.22. The number of nitrogens with one attached hydrogen (secondary N) is 2. The number of para-hydroxylation sites is 2. The van der Waals surface area contributed by atoms with Gasteiger partial charge in [-0.2, -0.15) is 4.98 Å². The van der Waals surface area contributed by atoms with Crippen LogP contribution in [-0.4, -0.2) is 15.0 Å². The fourth-order valence-electron chi connectivity index (χ4n) is 2.51. The Kier molecular flexibility index (Phi) is 4.26. The summed E-state index contributed by atoms with van der Waals surface area (Å²) in [6, 6.07) is 19.6. The van der Waals surface area contributed by atoms with Crippen LogP contribution < -0.4 is 10.6 Å². The zero-order valence-electron chi connectivity index (χ0n) is 13.1. The van der Waals surface area contributed by atoms with E-state index in [1.165, 1.54) is 0 Å². The molecule has 2 aromatic heterocycles. The predicted octanol–water partition coefficient (Wildman–Crippen LogP) is 5.27. The van der Waals surface area contributed by atoms with Crippen LogP contribution in [0.1, 0.15) is 0 Å². The van der Waals surface area contributed by atoms with Gasteiger partial charge >= 0.3 is 0 Å². The van der Waals surface area contributed by atoms with Gasteiger partial charge in [0, 0.05) is 22.3 Å². The molecule has 0 unspecified atom stereocenters. The van der Waals surface area contributed by atoms with Crippen LogP contribution in [0.3, 0.4) is 0 Å². The molecule has 25 heavy (non-hydrogen) atoms. The number of hydrogen-bond acceptors (Lipinski definition) is 5. The summed E-state index contributed by atoms with van der Waals surface area (Å²) in [6.07, 6.45) is 3.50. The topological polar surface area (TPSA) is 62.7 Å². The third kappa shape index (κ3) is 3.44. The predicted molar refractivity (Wildman–Crippen MR) is 104 cm³/mol. The number of halogens is 1. The molecule has 2 aromatic carbocycles. The van der Waals surface area contributed by atoms with Gasteiger partial charge in [0.15, 0.2) is 0 Å². The second-order valence-electron chi connectivity index (χ2n) is 5.38. The summed E-state index contributed by atoms with van der Waals surface area (Å²) < 4.78 is 0.954. The number of pyridine rings is 1. The normalized spacial score (nSPS) is 10.6. The van der Waals surface area contributed by atoms with Crippen molar-refractivity contribution in [3.63, 3.8) is 0 Å². The van der Waals surface area contributed by atoms with Crippen molar-refractivity contribution in [3.8, 4) is 0 Å². The number of hydrogen-bond donors (Lipinski definition) is 2. The van der Waals surface area contributed by atoms with Crippen molar-refractivity contribution in [1.29, 1.82) is 0 Å². The van der Waals surface area contributed by atoms with Crippen molar-refractivity contribution in [3.05, 3.63) is 77.5 Å². The molecule has 0 atom stereocenters. The molecule has 2 N–H and O–H groups in total. The SMILES string of the molecule is Brc1ccccc1Nc1nccc(Nc2cccc3cccnc23)n1. The van der Waals surface area contributed by atoms with E-state index in [4.69, 9.17) is 0 Å². The Labute approximate surface area is 153 Å². The van der Waals surface area contributed by atoms with Gasteiger partial charge in [0.1, 0.15) is 5.82 Å². The van der Waals surface area contributed by atoms with Gasteiger partial charge in [0.2, 0.25) is 5.95 Å². The maximum Gasteiger partial charge on any atom is 0.229 e. The maximum absolute atomic E-state index is 4.53. The first-order chi connectivity index (χ1) is 12.3. The average Bonchev–Trinajstić information content (AvgIpc) is 2.64. The molecule has 0 saturated heterocycles. The molecular formula is C19H14BrN5. The highest BCUT2D eigenvalue weighted by Crippen LogP contribution is 2.26. The minimum Gasteiger partial charge on any atom is -0.338 e. The monoisotopic (exact) mass is 391 g/mol. The van der Waals surface area contributed by atoms with Crippen LogP contribution >= 0.6 is 15.9 Å². The Bertz CT molecular complexity index is 1030. The lowest BCUT2D eigenvalue weighted by Gasteiger charge is -2.10. The molecule has 0 aliphatic rings. The van der Waals surface area contributed by atoms with Gasteiger partial charge in [0.25, 0.3) is 0 Å². The summed E-state index contributed by atoms with van der Waals surface area (Å²) in [5.41, 5.74) is 2.72. The molecule has 0 spiro atoms. The Hall–Kier alpha value is -2.99. The van der Waals surface area contributed by atoms with Gasteiger partial charge in [-0.15, -0.1) is 0 Å². The first kappa shape index (κ1) is 15.5. The van der Waals surface area contributed by atoms with E-state index in [0.29, 0.717) is 11.8 Å². The van der Waals surface area contributed by atoms with Gasteiger partial charge in [-0.25, -0.2) is 4.98 Å². The Morgan fingerprint density at radius 2 is 1.56 bits per heavy atom. The van der Waals surface area contributed by atoms with E-state index in [9.17, 15) is 0 Å². The van der Waals surface area contributed by atoms with Crippen LogP contribution in [0.4, 0.5) is 23.1 Å². The number of rotatable bonds is 4. The average molecular weight is 392 g/mol. The largest absolute Gasteiger partial charge is 0.338 e. The lowest BCUT2D eigenvalue weighted by atomic mass is 10.2. The summed E-state index contributed by atoms with van der Waals surface area (Å²) in [5, 5.41) is 7.61. The van der Waals surface area contributed by atoms with E-state index in [1.807, 2.05) is 60.7 Å². The Balaban J connectivity index is 1.62. The smallest absolute Gasteiger partial charge is 0.229 e. The first-order valence-electron chi connectivity index (χ1n) is 7.75. The number of nitrogens with zero attached hydrogens (tertiary/aromatic N) is 3. The fraction of sp³-hybridized carbons (Fsp3) is 0. The minimum atomic E-state index is 0.519. The highest BCUT2D eigenvalue weighted by Gasteiger charge is 2.05. The van der Waals surface area contributed by atoms with E-state index < -0.39 is 0 Å². The van der Waals surface area contributed by atoms with E-state index in [-0.39, 0.29) is 0 Å². The summed E-state index contributed by atoms with van der Waals surface area (Å²) >= 11 is 3.51. The fourth-order valence-corrected chi connectivity index (χ4v) is 2.90.